The van der Waals surface area contributed by atoms with Crippen LogP contribution in [0.1, 0.15) is 19.3 Å². The summed E-state index contributed by atoms with van der Waals surface area (Å²) in [5.41, 5.74) is 6.74. The second kappa shape index (κ2) is 8.63. The smallest absolute Gasteiger partial charge is 0.225 e. The third-order valence-electron chi connectivity index (χ3n) is 7.73. The zero-order chi connectivity index (χ0) is 24.2. The number of para-hydroxylation sites is 1. The molecule has 0 radical (unpaired) electrons. The third kappa shape index (κ3) is 3.84. The first-order chi connectivity index (χ1) is 17.6. The van der Waals surface area contributed by atoms with E-state index in [-0.39, 0.29) is 0 Å². The van der Waals surface area contributed by atoms with E-state index in [1.807, 2.05) is 6.20 Å². The van der Waals surface area contributed by atoms with Gasteiger partial charge in [0.25, 0.3) is 0 Å². The summed E-state index contributed by atoms with van der Waals surface area (Å²) in [6, 6.07) is 23.6. The van der Waals surface area contributed by atoms with Crippen LogP contribution in [0.5, 0.6) is 0 Å². The molecule has 1 saturated carbocycles. The second-order valence-electron chi connectivity index (χ2n) is 10.2. The number of rotatable bonds is 5. The molecule has 3 heterocycles. The number of carbonyl (C=O) groups excluding carboxylic acids is 1. The van der Waals surface area contributed by atoms with E-state index in [0.717, 1.165) is 71.3 Å². The lowest BCUT2D eigenvalue weighted by atomic mass is 10.0. The molecule has 1 aliphatic heterocycles. The Morgan fingerprint density at radius 2 is 1.78 bits per heavy atom. The minimum absolute atomic E-state index is 0.292. The maximum Gasteiger partial charge on any atom is 0.225 e. The highest BCUT2D eigenvalue weighted by Gasteiger charge is 2.36. The monoisotopic (exact) mass is 538 g/mol. The van der Waals surface area contributed by atoms with Gasteiger partial charge >= 0.3 is 0 Å². The lowest BCUT2D eigenvalue weighted by Crippen LogP contribution is -2.30. The second-order valence-corrected chi connectivity index (χ2v) is 11.1. The Morgan fingerprint density at radius 1 is 0.972 bits per heavy atom. The highest BCUT2D eigenvalue weighted by molar-refractivity contribution is 9.10. The number of amides is 1. The molecule has 2 aromatic heterocycles. The molecule has 2 aliphatic rings. The predicted octanol–water partition coefficient (Wildman–Crippen LogP) is 6.87. The summed E-state index contributed by atoms with van der Waals surface area (Å²) in [7, 11) is 0. The number of nitrogens with one attached hydrogen (secondary N) is 1. The summed E-state index contributed by atoms with van der Waals surface area (Å²) < 4.78 is 3.36. The highest BCUT2D eigenvalue weighted by atomic mass is 79.9. The van der Waals surface area contributed by atoms with Crippen molar-refractivity contribution in [2.24, 2.45) is 11.8 Å². The molecule has 1 saturated heterocycles. The average molecular weight is 539 g/mol. The van der Waals surface area contributed by atoms with Crippen LogP contribution < -0.4 is 0 Å². The number of aromatic amines is 1. The molecule has 7 rings (SSSR count). The molecule has 0 bridgehead atoms. The first kappa shape index (κ1) is 21.9. The highest BCUT2D eigenvalue weighted by Crippen LogP contribution is 2.35. The molecule has 5 aromatic rings. The van der Waals surface area contributed by atoms with Gasteiger partial charge in [-0.2, -0.15) is 0 Å². The van der Waals surface area contributed by atoms with E-state index in [2.05, 4.69) is 97.1 Å². The molecular weight excluding hydrogens is 512 g/mol. The van der Waals surface area contributed by atoms with Crippen LogP contribution in [0.4, 0.5) is 0 Å². The van der Waals surface area contributed by atoms with Crippen molar-refractivity contribution in [2.45, 2.75) is 25.8 Å². The van der Waals surface area contributed by atoms with Gasteiger partial charge in [0.1, 0.15) is 11.3 Å². The van der Waals surface area contributed by atoms with Crippen molar-refractivity contribution in [1.82, 2.24) is 19.4 Å². The lowest BCUT2D eigenvalue weighted by molar-refractivity contribution is -0.131. The maximum absolute atomic E-state index is 12.6. The van der Waals surface area contributed by atoms with Gasteiger partial charge in [0.15, 0.2) is 0 Å². The predicted molar refractivity (Wildman–Crippen MR) is 148 cm³/mol. The molecule has 1 amide bonds. The van der Waals surface area contributed by atoms with Crippen molar-refractivity contribution in [1.29, 1.82) is 0 Å². The molecule has 0 spiro atoms. The van der Waals surface area contributed by atoms with Crippen LogP contribution in [-0.4, -0.2) is 38.4 Å². The first-order valence-corrected chi connectivity index (χ1v) is 13.5. The standard InChI is InChI=1S/C30H27BrN4O/c31-25-2-1-3-27-28(25)33-29(35(27)18-19-13-15-34(17-19)30(36)23-9-10-23)22-7-4-20(5-8-22)24-11-6-21-12-14-32-26(21)16-24/h1-8,11-12,14,16,19,23,32H,9-10,13,15,17-18H2. The van der Waals surface area contributed by atoms with Gasteiger partial charge in [0.2, 0.25) is 5.91 Å². The number of benzene rings is 3. The summed E-state index contributed by atoms with van der Waals surface area (Å²) in [5, 5.41) is 1.22. The molecule has 6 heteroatoms. The number of hydrogen-bond acceptors (Lipinski definition) is 2. The topological polar surface area (TPSA) is 53.9 Å². The van der Waals surface area contributed by atoms with Crippen LogP contribution in [0.3, 0.4) is 0 Å². The number of H-pyrrole nitrogens is 1. The summed E-state index contributed by atoms with van der Waals surface area (Å²) in [5.74, 6) is 2.08. The molecule has 3 aromatic carbocycles. The molecule has 1 atom stereocenters. The maximum atomic E-state index is 12.6. The van der Waals surface area contributed by atoms with Crippen LogP contribution in [0, 0.1) is 11.8 Å². The number of halogens is 1. The molecular formula is C30H27BrN4O. The van der Waals surface area contributed by atoms with Crippen LogP contribution in [0.2, 0.25) is 0 Å². The SMILES string of the molecule is O=C(C1CC1)N1CCC(Cn2c(-c3ccc(-c4ccc5cc[nH]c5c4)cc3)nc3c(Br)cccc32)C1. The minimum atomic E-state index is 0.292. The quantitative estimate of drug-likeness (QED) is 0.265. The summed E-state index contributed by atoms with van der Waals surface area (Å²) >= 11 is 3.71. The van der Waals surface area contributed by atoms with Crippen molar-refractivity contribution >= 4 is 43.8 Å². The number of nitrogens with zero attached hydrogens (tertiary/aromatic N) is 3. The van der Waals surface area contributed by atoms with Crippen molar-refractivity contribution in [3.63, 3.8) is 0 Å². The van der Waals surface area contributed by atoms with Gasteiger partial charge in [-0.1, -0.05) is 42.5 Å². The van der Waals surface area contributed by atoms with Crippen molar-refractivity contribution < 1.29 is 4.79 Å². The van der Waals surface area contributed by atoms with E-state index < -0.39 is 0 Å². The minimum Gasteiger partial charge on any atom is -0.361 e. The van der Waals surface area contributed by atoms with Gasteiger partial charge in [0, 0.05) is 47.3 Å². The van der Waals surface area contributed by atoms with Gasteiger partial charge in [-0.05, 0) is 81.9 Å². The Balaban J connectivity index is 1.22. The Bertz CT molecular complexity index is 1590. The van der Waals surface area contributed by atoms with Crippen LogP contribution >= 0.6 is 15.9 Å². The van der Waals surface area contributed by atoms with Gasteiger partial charge in [0.05, 0.1) is 5.52 Å². The molecule has 1 aliphatic carbocycles. The van der Waals surface area contributed by atoms with E-state index >= 15 is 0 Å². The van der Waals surface area contributed by atoms with Crippen LogP contribution in [-0.2, 0) is 11.3 Å². The summed E-state index contributed by atoms with van der Waals surface area (Å²) in [6.07, 6.45) is 5.16. The van der Waals surface area contributed by atoms with Crippen LogP contribution in [0.15, 0.2) is 77.4 Å². The fourth-order valence-electron chi connectivity index (χ4n) is 5.59. The van der Waals surface area contributed by atoms with E-state index in [9.17, 15) is 4.79 Å². The largest absolute Gasteiger partial charge is 0.361 e. The Labute approximate surface area is 218 Å². The number of imidazole rings is 1. The molecule has 36 heavy (non-hydrogen) atoms. The first-order valence-electron chi connectivity index (χ1n) is 12.8. The van der Waals surface area contributed by atoms with E-state index in [0.29, 0.717) is 17.7 Å². The van der Waals surface area contributed by atoms with Crippen molar-refractivity contribution in [3.8, 4) is 22.5 Å². The Kier molecular flexibility index (Phi) is 5.24. The molecule has 5 nitrogen and oxygen atoms in total. The molecule has 2 fully saturated rings. The number of carbonyl (C=O) groups is 1. The molecule has 1 N–H and O–H groups in total. The van der Waals surface area contributed by atoms with Crippen molar-refractivity contribution in [3.05, 3.63) is 77.4 Å². The van der Waals surface area contributed by atoms with Crippen LogP contribution in [0.25, 0.3) is 44.5 Å². The van der Waals surface area contributed by atoms with Gasteiger partial charge in [-0.3, -0.25) is 4.79 Å². The van der Waals surface area contributed by atoms with E-state index in [1.54, 1.807) is 0 Å². The molecule has 180 valence electrons. The normalized spacial score (nSPS) is 17.9. The summed E-state index contributed by atoms with van der Waals surface area (Å²) in [6.45, 7) is 2.59. The van der Waals surface area contributed by atoms with Gasteiger partial charge < -0.3 is 14.5 Å². The Morgan fingerprint density at radius 3 is 2.61 bits per heavy atom. The van der Waals surface area contributed by atoms with Gasteiger partial charge in [-0.25, -0.2) is 4.98 Å². The van der Waals surface area contributed by atoms with E-state index in [4.69, 9.17) is 4.98 Å². The fourth-order valence-corrected chi connectivity index (χ4v) is 6.03. The third-order valence-corrected chi connectivity index (χ3v) is 8.37. The number of fused-ring (bicyclic) bond motifs is 2. The lowest BCUT2D eigenvalue weighted by Gasteiger charge is -2.18. The number of likely N-dealkylation sites (tertiary alicyclic amines) is 1. The Hall–Kier alpha value is -3.38. The van der Waals surface area contributed by atoms with Crippen molar-refractivity contribution in [2.75, 3.05) is 13.1 Å². The molecule has 1 unspecified atom stereocenters. The van der Waals surface area contributed by atoms with Gasteiger partial charge in [-0.15, -0.1) is 0 Å². The zero-order valence-electron chi connectivity index (χ0n) is 20.0. The van der Waals surface area contributed by atoms with E-state index in [1.165, 1.54) is 16.5 Å². The number of hydrogen-bond donors (Lipinski definition) is 1. The zero-order valence-corrected chi connectivity index (χ0v) is 21.5. The average Bonchev–Trinajstić information content (AvgIpc) is 3.30. The summed E-state index contributed by atoms with van der Waals surface area (Å²) in [4.78, 5) is 23.1. The fraction of sp³-hybridized carbons (Fsp3) is 0.267. The number of aromatic nitrogens is 3.